The molecular formula is C15H17F3O2. The van der Waals surface area contributed by atoms with Crippen LogP contribution in [0.25, 0.3) is 0 Å². The molecule has 0 aliphatic carbocycles. The predicted octanol–water partition coefficient (Wildman–Crippen LogP) is 4.52. The molecule has 0 saturated heterocycles. The van der Waals surface area contributed by atoms with Gasteiger partial charge in [-0.05, 0) is 38.8 Å². The second-order valence-electron chi connectivity index (χ2n) is 4.66. The van der Waals surface area contributed by atoms with Gasteiger partial charge in [0, 0.05) is 0 Å². The van der Waals surface area contributed by atoms with Gasteiger partial charge < -0.3 is 4.74 Å². The Balaban J connectivity index is 2.70. The van der Waals surface area contributed by atoms with E-state index in [1.807, 2.05) is 0 Å². The molecule has 0 fully saturated rings. The predicted molar refractivity (Wildman–Crippen MR) is 70.4 cm³/mol. The van der Waals surface area contributed by atoms with Crippen LogP contribution in [0.15, 0.2) is 42.0 Å². The Kier molecular flexibility index (Phi) is 5.80. The van der Waals surface area contributed by atoms with Crippen molar-refractivity contribution < 1.29 is 22.7 Å². The molecule has 0 aliphatic heterocycles. The molecule has 1 aromatic rings. The summed E-state index contributed by atoms with van der Waals surface area (Å²) >= 11 is 0. The lowest BCUT2D eigenvalue weighted by atomic mass is 10.1. The van der Waals surface area contributed by atoms with Crippen LogP contribution in [0.4, 0.5) is 13.2 Å². The lowest BCUT2D eigenvalue weighted by Gasteiger charge is -2.20. The number of carbonyl (C=O) groups is 1. The van der Waals surface area contributed by atoms with Crippen molar-refractivity contribution >= 4 is 5.97 Å². The largest absolute Gasteiger partial charge is 0.449 e. The molecule has 0 N–H and O–H groups in total. The molecule has 0 aromatic heterocycles. The van der Waals surface area contributed by atoms with Gasteiger partial charge in [-0.2, -0.15) is 13.2 Å². The summed E-state index contributed by atoms with van der Waals surface area (Å²) in [6.45, 7) is 3.61. The SMILES string of the molecule is CC(C)=CCC[C@@H](OC(=O)c1ccccc1)C(F)(F)F. The van der Waals surface area contributed by atoms with Gasteiger partial charge in [-0.15, -0.1) is 0 Å². The van der Waals surface area contributed by atoms with Crippen LogP contribution in [0.1, 0.15) is 37.0 Å². The highest BCUT2D eigenvalue weighted by atomic mass is 19.4. The molecule has 5 heteroatoms. The van der Waals surface area contributed by atoms with Crippen LogP contribution in [-0.4, -0.2) is 18.2 Å². The van der Waals surface area contributed by atoms with E-state index >= 15 is 0 Å². The second kappa shape index (κ2) is 7.12. The number of esters is 1. The van der Waals surface area contributed by atoms with Gasteiger partial charge in [-0.1, -0.05) is 29.8 Å². The Labute approximate surface area is 116 Å². The molecule has 110 valence electrons. The number of carbonyl (C=O) groups excluding carboxylic acids is 1. The van der Waals surface area contributed by atoms with Gasteiger partial charge in [0.1, 0.15) is 0 Å². The fourth-order valence-electron chi connectivity index (χ4n) is 1.58. The van der Waals surface area contributed by atoms with Crippen molar-refractivity contribution in [3.8, 4) is 0 Å². The summed E-state index contributed by atoms with van der Waals surface area (Å²) in [7, 11) is 0. The Hall–Kier alpha value is -1.78. The van der Waals surface area contributed by atoms with Crippen LogP contribution in [0.5, 0.6) is 0 Å². The molecule has 0 saturated carbocycles. The number of benzene rings is 1. The Morgan fingerprint density at radius 3 is 2.35 bits per heavy atom. The Morgan fingerprint density at radius 2 is 1.85 bits per heavy atom. The van der Waals surface area contributed by atoms with Gasteiger partial charge in [-0.3, -0.25) is 0 Å². The number of rotatable bonds is 5. The number of hydrogen-bond acceptors (Lipinski definition) is 2. The molecule has 0 heterocycles. The van der Waals surface area contributed by atoms with Crippen LogP contribution in [0, 0.1) is 0 Å². The van der Waals surface area contributed by atoms with Crippen molar-refractivity contribution in [2.24, 2.45) is 0 Å². The van der Waals surface area contributed by atoms with Crippen molar-refractivity contribution in [2.45, 2.75) is 39.0 Å². The molecule has 1 rings (SSSR count). The zero-order chi connectivity index (χ0) is 15.2. The third-order valence-corrected chi connectivity index (χ3v) is 2.61. The number of alkyl halides is 3. The molecular weight excluding hydrogens is 269 g/mol. The van der Waals surface area contributed by atoms with E-state index in [9.17, 15) is 18.0 Å². The number of halogens is 3. The lowest BCUT2D eigenvalue weighted by molar-refractivity contribution is -0.205. The fraction of sp³-hybridized carbons (Fsp3) is 0.400. The van der Waals surface area contributed by atoms with Gasteiger partial charge in [0.05, 0.1) is 5.56 Å². The maximum Gasteiger partial charge on any atom is 0.425 e. The third-order valence-electron chi connectivity index (χ3n) is 2.61. The highest BCUT2D eigenvalue weighted by Gasteiger charge is 2.42. The molecule has 0 radical (unpaired) electrons. The molecule has 0 aliphatic rings. The first-order valence-electron chi connectivity index (χ1n) is 6.27. The molecule has 0 unspecified atom stereocenters. The van der Waals surface area contributed by atoms with E-state index in [1.54, 1.807) is 38.1 Å². The quantitative estimate of drug-likeness (QED) is 0.587. The summed E-state index contributed by atoms with van der Waals surface area (Å²) < 4.78 is 43.1. The van der Waals surface area contributed by atoms with Crippen molar-refractivity contribution in [3.63, 3.8) is 0 Å². The zero-order valence-electron chi connectivity index (χ0n) is 11.4. The van der Waals surface area contributed by atoms with Crippen LogP contribution in [-0.2, 0) is 4.74 Å². The molecule has 0 amide bonds. The smallest absolute Gasteiger partial charge is 0.425 e. The number of allylic oxidation sites excluding steroid dienone is 2. The fourth-order valence-corrected chi connectivity index (χ4v) is 1.58. The summed E-state index contributed by atoms with van der Waals surface area (Å²) in [4.78, 5) is 11.7. The zero-order valence-corrected chi connectivity index (χ0v) is 11.4. The van der Waals surface area contributed by atoms with E-state index < -0.39 is 18.2 Å². The van der Waals surface area contributed by atoms with Gasteiger partial charge >= 0.3 is 12.1 Å². The first kappa shape index (κ1) is 16.3. The standard InChI is InChI=1S/C15H17F3O2/c1-11(2)7-6-10-13(15(16,17)18)20-14(19)12-8-4-3-5-9-12/h3-5,7-9,13H,6,10H2,1-2H3/t13-/m1/s1. The highest BCUT2D eigenvalue weighted by molar-refractivity contribution is 5.89. The van der Waals surface area contributed by atoms with Gasteiger partial charge in [0.2, 0.25) is 0 Å². The van der Waals surface area contributed by atoms with Crippen LogP contribution >= 0.6 is 0 Å². The van der Waals surface area contributed by atoms with E-state index in [2.05, 4.69) is 4.74 Å². The summed E-state index contributed by atoms with van der Waals surface area (Å²) in [5.41, 5.74) is 1.05. The first-order chi connectivity index (χ1) is 9.30. The van der Waals surface area contributed by atoms with Crippen LogP contribution in [0.2, 0.25) is 0 Å². The van der Waals surface area contributed by atoms with Gasteiger partial charge in [0.25, 0.3) is 0 Å². The summed E-state index contributed by atoms with van der Waals surface area (Å²) in [5, 5.41) is 0. The third kappa shape index (κ3) is 5.47. The van der Waals surface area contributed by atoms with E-state index in [0.717, 1.165) is 5.57 Å². The topological polar surface area (TPSA) is 26.3 Å². The molecule has 2 nitrogen and oxygen atoms in total. The lowest BCUT2D eigenvalue weighted by Crippen LogP contribution is -2.33. The normalized spacial score (nSPS) is 12.7. The average Bonchev–Trinajstić information content (AvgIpc) is 2.37. The average molecular weight is 286 g/mol. The summed E-state index contributed by atoms with van der Waals surface area (Å²) in [6, 6.07) is 7.66. The maximum absolute atomic E-state index is 12.8. The minimum atomic E-state index is -4.56. The van der Waals surface area contributed by atoms with Crippen molar-refractivity contribution in [2.75, 3.05) is 0 Å². The minimum Gasteiger partial charge on any atom is -0.449 e. The number of ether oxygens (including phenoxy) is 1. The van der Waals surface area contributed by atoms with E-state index in [1.165, 1.54) is 12.1 Å². The van der Waals surface area contributed by atoms with Crippen LogP contribution < -0.4 is 0 Å². The van der Waals surface area contributed by atoms with E-state index in [0.29, 0.717) is 0 Å². The van der Waals surface area contributed by atoms with E-state index in [-0.39, 0.29) is 18.4 Å². The van der Waals surface area contributed by atoms with Crippen molar-refractivity contribution in [1.29, 1.82) is 0 Å². The number of hydrogen-bond donors (Lipinski definition) is 0. The molecule has 20 heavy (non-hydrogen) atoms. The van der Waals surface area contributed by atoms with Crippen LogP contribution in [0.3, 0.4) is 0 Å². The Bertz CT molecular complexity index is 460. The molecule has 1 aromatic carbocycles. The van der Waals surface area contributed by atoms with Crippen molar-refractivity contribution in [1.82, 2.24) is 0 Å². The van der Waals surface area contributed by atoms with Gasteiger partial charge in [0.15, 0.2) is 6.10 Å². The summed E-state index contributed by atoms with van der Waals surface area (Å²) in [6.07, 6.45) is -5.00. The molecule has 0 bridgehead atoms. The monoisotopic (exact) mass is 286 g/mol. The highest BCUT2D eigenvalue weighted by Crippen LogP contribution is 2.27. The Morgan fingerprint density at radius 1 is 1.25 bits per heavy atom. The van der Waals surface area contributed by atoms with E-state index in [4.69, 9.17) is 0 Å². The van der Waals surface area contributed by atoms with Gasteiger partial charge in [-0.25, -0.2) is 4.79 Å². The molecule has 1 atom stereocenters. The minimum absolute atomic E-state index is 0.115. The second-order valence-corrected chi connectivity index (χ2v) is 4.66. The van der Waals surface area contributed by atoms with Crippen molar-refractivity contribution in [3.05, 3.63) is 47.5 Å². The summed E-state index contributed by atoms with van der Waals surface area (Å²) in [5.74, 6) is -0.954. The first-order valence-corrected chi connectivity index (χ1v) is 6.27. The molecule has 0 spiro atoms. The maximum atomic E-state index is 12.8.